The second-order valence-corrected chi connectivity index (χ2v) is 9.57. The van der Waals surface area contributed by atoms with Gasteiger partial charge in [-0.3, -0.25) is 14.5 Å². The number of benzene rings is 2. The molecule has 2 unspecified atom stereocenters. The number of nitrogens with zero attached hydrogens (tertiary/aromatic N) is 2. The topological polar surface area (TPSA) is 72.9 Å². The number of likely N-dealkylation sites (tertiary alicyclic amines) is 2. The number of carbonyl (C=O) groups is 2. The molecule has 2 aromatic rings. The quantitative estimate of drug-likeness (QED) is 0.681. The highest BCUT2D eigenvalue weighted by atomic mass is 19.1. The lowest BCUT2D eigenvalue weighted by Crippen LogP contribution is -2.49. The molecule has 2 aromatic carbocycles. The van der Waals surface area contributed by atoms with E-state index < -0.39 is 24.4 Å². The fourth-order valence-electron chi connectivity index (χ4n) is 5.16. The Bertz CT molecular complexity index is 989. The lowest BCUT2D eigenvalue weighted by Gasteiger charge is -2.41. The van der Waals surface area contributed by atoms with Crippen LogP contribution in [-0.4, -0.2) is 65.5 Å². The number of aliphatic hydroxyl groups is 1. The van der Waals surface area contributed by atoms with Crippen molar-refractivity contribution in [3.63, 3.8) is 0 Å². The van der Waals surface area contributed by atoms with Gasteiger partial charge in [-0.1, -0.05) is 25.1 Å². The molecule has 0 bridgehead atoms. The van der Waals surface area contributed by atoms with Gasteiger partial charge in [-0.05, 0) is 68.5 Å². The number of amides is 2. The van der Waals surface area contributed by atoms with Crippen LogP contribution < -0.4 is 5.32 Å². The monoisotopic (exact) mass is 467 g/mol. The lowest BCUT2D eigenvalue weighted by atomic mass is 9.95. The van der Waals surface area contributed by atoms with Crippen LogP contribution in [0.25, 0.3) is 0 Å². The van der Waals surface area contributed by atoms with E-state index in [2.05, 4.69) is 17.1 Å². The van der Waals surface area contributed by atoms with Crippen molar-refractivity contribution in [3.8, 4) is 0 Å². The third-order valence-corrected chi connectivity index (χ3v) is 7.12. The van der Waals surface area contributed by atoms with Crippen LogP contribution in [0, 0.1) is 11.7 Å². The van der Waals surface area contributed by atoms with Crippen molar-refractivity contribution in [2.75, 3.05) is 32.8 Å². The highest BCUT2D eigenvalue weighted by Gasteiger charge is 2.29. The molecule has 182 valence electrons. The van der Waals surface area contributed by atoms with Crippen molar-refractivity contribution < 1.29 is 19.1 Å². The van der Waals surface area contributed by atoms with Crippen molar-refractivity contribution in [3.05, 3.63) is 71.0 Å². The molecule has 34 heavy (non-hydrogen) atoms. The van der Waals surface area contributed by atoms with Crippen molar-refractivity contribution >= 4 is 11.8 Å². The van der Waals surface area contributed by atoms with Gasteiger partial charge < -0.3 is 15.3 Å². The summed E-state index contributed by atoms with van der Waals surface area (Å²) in [7, 11) is 0. The van der Waals surface area contributed by atoms with Crippen LogP contribution in [-0.2, 0) is 0 Å². The molecule has 0 aromatic heterocycles. The largest absolute Gasteiger partial charge is 0.394 e. The summed E-state index contributed by atoms with van der Waals surface area (Å²) in [6.45, 7) is 5.72. The smallest absolute Gasteiger partial charge is 0.253 e. The third kappa shape index (κ3) is 5.65. The molecule has 0 radical (unpaired) electrons. The minimum Gasteiger partial charge on any atom is -0.394 e. The highest BCUT2D eigenvalue weighted by molar-refractivity contribution is 5.98. The number of nitrogens with one attached hydrogen (secondary N) is 1. The van der Waals surface area contributed by atoms with E-state index in [1.54, 1.807) is 36.4 Å². The van der Waals surface area contributed by atoms with Gasteiger partial charge in [0.1, 0.15) is 5.82 Å². The first-order valence-corrected chi connectivity index (χ1v) is 12.3. The summed E-state index contributed by atoms with van der Waals surface area (Å²) in [5.74, 6) is -0.181. The molecule has 2 atom stereocenters. The molecule has 2 fully saturated rings. The van der Waals surface area contributed by atoms with Crippen LogP contribution in [0.1, 0.15) is 64.9 Å². The molecule has 0 aliphatic carbocycles. The normalized spacial score (nSPS) is 20.7. The van der Waals surface area contributed by atoms with Gasteiger partial charge in [-0.2, -0.15) is 0 Å². The lowest BCUT2D eigenvalue weighted by molar-refractivity contribution is 0.0541. The van der Waals surface area contributed by atoms with E-state index in [1.165, 1.54) is 31.5 Å². The number of halogens is 1. The highest BCUT2D eigenvalue weighted by Crippen LogP contribution is 2.24. The Morgan fingerprint density at radius 1 is 1.03 bits per heavy atom. The van der Waals surface area contributed by atoms with Gasteiger partial charge in [0.2, 0.25) is 0 Å². The van der Waals surface area contributed by atoms with Crippen LogP contribution in [0.2, 0.25) is 0 Å². The summed E-state index contributed by atoms with van der Waals surface area (Å²) in [6.07, 6.45) is 4.57. The Balaban J connectivity index is 1.33. The first kappa shape index (κ1) is 24.4. The molecule has 2 aliphatic rings. The Morgan fingerprint density at radius 2 is 1.71 bits per heavy atom. The maximum atomic E-state index is 14.0. The third-order valence-electron chi connectivity index (χ3n) is 7.12. The standard InChI is InChI=1S/C27H34FN3O3/c1-19-5-4-14-31(17-19)22-12-15-30(16-13-22)27(34)21-10-8-20(9-11-21)26(33)29-25(18-32)23-6-2-3-7-24(23)28/h2-3,6-11,19,22,25,32H,4-5,12-18H2,1H3,(H,29,33). The zero-order valence-electron chi connectivity index (χ0n) is 19.8. The van der Waals surface area contributed by atoms with Crippen molar-refractivity contribution in [1.29, 1.82) is 0 Å². The van der Waals surface area contributed by atoms with E-state index in [0.717, 1.165) is 38.4 Å². The molecule has 2 aliphatic heterocycles. The second kappa shape index (κ2) is 11.1. The Hall–Kier alpha value is -2.77. The number of rotatable bonds is 6. The molecule has 2 N–H and O–H groups in total. The van der Waals surface area contributed by atoms with Gasteiger partial charge in [0.05, 0.1) is 12.6 Å². The van der Waals surface area contributed by atoms with Gasteiger partial charge in [0, 0.05) is 42.4 Å². The van der Waals surface area contributed by atoms with E-state index in [-0.39, 0.29) is 11.5 Å². The summed E-state index contributed by atoms with van der Waals surface area (Å²) < 4.78 is 14.0. The first-order valence-electron chi connectivity index (χ1n) is 12.3. The fourth-order valence-corrected chi connectivity index (χ4v) is 5.16. The van der Waals surface area contributed by atoms with Gasteiger partial charge >= 0.3 is 0 Å². The fraction of sp³-hybridized carbons (Fsp3) is 0.481. The number of piperidine rings is 2. The van der Waals surface area contributed by atoms with Gasteiger partial charge in [-0.15, -0.1) is 0 Å². The van der Waals surface area contributed by atoms with Gasteiger partial charge in [0.15, 0.2) is 0 Å². The molecule has 4 rings (SSSR count). The molecule has 7 heteroatoms. The predicted octanol–water partition coefficient (Wildman–Crippen LogP) is 3.63. The molecule has 2 heterocycles. The number of carbonyl (C=O) groups excluding carboxylic acids is 2. The zero-order valence-corrected chi connectivity index (χ0v) is 19.8. The van der Waals surface area contributed by atoms with E-state index in [1.807, 2.05) is 4.90 Å². The van der Waals surface area contributed by atoms with Crippen LogP contribution >= 0.6 is 0 Å². The van der Waals surface area contributed by atoms with Crippen LogP contribution in [0.4, 0.5) is 4.39 Å². The Kier molecular flexibility index (Phi) is 7.95. The van der Waals surface area contributed by atoms with E-state index >= 15 is 0 Å². The van der Waals surface area contributed by atoms with Crippen molar-refractivity contribution in [2.24, 2.45) is 5.92 Å². The van der Waals surface area contributed by atoms with Crippen LogP contribution in [0.5, 0.6) is 0 Å². The van der Waals surface area contributed by atoms with Crippen LogP contribution in [0.3, 0.4) is 0 Å². The molecule has 2 amide bonds. The van der Waals surface area contributed by atoms with Gasteiger partial charge in [0.25, 0.3) is 11.8 Å². The molecular weight excluding hydrogens is 433 g/mol. The summed E-state index contributed by atoms with van der Waals surface area (Å²) in [4.78, 5) is 30.1. The molecule has 0 saturated carbocycles. The summed E-state index contributed by atoms with van der Waals surface area (Å²) in [5.41, 5.74) is 1.13. The second-order valence-electron chi connectivity index (χ2n) is 9.57. The summed E-state index contributed by atoms with van der Waals surface area (Å²) >= 11 is 0. The van der Waals surface area contributed by atoms with Crippen LogP contribution in [0.15, 0.2) is 48.5 Å². The minimum absolute atomic E-state index is 0.0167. The molecule has 6 nitrogen and oxygen atoms in total. The van der Waals surface area contributed by atoms with Crippen molar-refractivity contribution in [2.45, 2.75) is 44.7 Å². The molecule has 0 spiro atoms. The maximum Gasteiger partial charge on any atom is 0.253 e. The van der Waals surface area contributed by atoms with E-state index in [9.17, 15) is 19.1 Å². The average Bonchev–Trinajstić information content (AvgIpc) is 2.87. The SMILES string of the molecule is CC1CCCN(C2CCN(C(=O)c3ccc(C(=O)NC(CO)c4ccccc4F)cc3)CC2)C1. The molecule has 2 saturated heterocycles. The Morgan fingerprint density at radius 3 is 2.35 bits per heavy atom. The Labute approximate surface area is 200 Å². The molecular formula is C27H34FN3O3. The first-order chi connectivity index (χ1) is 16.5. The number of hydrogen-bond acceptors (Lipinski definition) is 4. The maximum absolute atomic E-state index is 14.0. The average molecular weight is 468 g/mol. The zero-order chi connectivity index (χ0) is 24.1. The summed E-state index contributed by atoms with van der Waals surface area (Å²) in [6, 6.07) is 12.3. The van der Waals surface area contributed by atoms with Gasteiger partial charge in [-0.25, -0.2) is 4.39 Å². The van der Waals surface area contributed by atoms with Crippen molar-refractivity contribution in [1.82, 2.24) is 15.1 Å². The minimum atomic E-state index is -0.848. The number of aliphatic hydroxyl groups excluding tert-OH is 1. The van der Waals surface area contributed by atoms with E-state index in [4.69, 9.17) is 0 Å². The van der Waals surface area contributed by atoms with E-state index in [0.29, 0.717) is 17.2 Å². The summed E-state index contributed by atoms with van der Waals surface area (Å²) in [5, 5.41) is 12.3. The predicted molar refractivity (Wildman–Crippen MR) is 129 cm³/mol. The number of hydrogen-bond donors (Lipinski definition) is 2.